The van der Waals surface area contributed by atoms with Crippen LogP contribution >= 0.6 is 0 Å². The SMILES string of the molecule is COc1cc(CN(CC(O)COC(C)C)C(C)C)cc(OC)c1. The Bertz CT molecular complexity index is 440. The highest BCUT2D eigenvalue weighted by Gasteiger charge is 2.16. The van der Waals surface area contributed by atoms with Gasteiger partial charge in [-0.3, -0.25) is 4.90 Å². The number of aliphatic hydroxyl groups excluding tert-OH is 1. The Morgan fingerprint density at radius 2 is 1.57 bits per heavy atom. The molecule has 1 N–H and O–H groups in total. The highest BCUT2D eigenvalue weighted by atomic mass is 16.5. The van der Waals surface area contributed by atoms with Crippen LogP contribution in [0.4, 0.5) is 0 Å². The smallest absolute Gasteiger partial charge is 0.122 e. The molecule has 1 atom stereocenters. The molecule has 0 saturated carbocycles. The molecule has 1 rings (SSSR count). The van der Waals surface area contributed by atoms with Gasteiger partial charge in [0.25, 0.3) is 0 Å². The maximum atomic E-state index is 10.2. The average Bonchev–Trinajstić information content (AvgIpc) is 2.51. The van der Waals surface area contributed by atoms with Crippen molar-refractivity contribution in [3.63, 3.8) is 0 Å². The molecule has 1 unspecified atom stereocenters. The standard InChI is InChI=1S/C18H31NO4/c1-13(2)19(11-16(20)12-23-14(3)4)10-15-7-17(21-5)9-18(8-15)22-6/h7-9,13-14,16,20H,10-12H2,1-6H3. The summed E-state index contributed by atoms with van der Waals surface area (Å²) in [6.07, 6.45) is -0.382. The van der Waals surface area contributed by atoms with Crippen LogP contribution in [0.15, 0.2) is 18.2 Å². The first-order chi connectivity index (χ1) is 10.8. The van der Waals surface area contributed by atoms with Gasteiger partial charge in [-0.25, -0.2) is 0 Å². The van der Waals surface area contributed by atoms with E-state index < -0.39 is 6.10 Å². The van der Waals surface area contributed by atoms with Crippen LogP contribution in [0.3, 0.4) is 0 Å². The van der Waals surface area contributed by atoms with Crippen molar-refractivity contribution in [1.29, 1.82) is 0 Å². The van der Waals surface area contributed by atoms with Gasteiger partial charge < -0.3 is 19.3 Å². The predicted octanol–water partition coefficient (Wildman–Crippen LogP) is 2.70. The molecule has 23 heavy (non-hydrogen) atoms. The maximum absolute atomic E-state index is 10.2. The lowest BCUT2D eigenvalue weighted by Gasteiger charge is -2.29. The number of rotatable bonds is 10. The molecule has 0 aliphatic rings. The summed E-state index contributed by atoms with van der Waals surface area (Å²) in [4.78, 5) is 2.21. The zero-order valence-electron chi connectivity index (χ0n) is 15.2. The third kappa shape index (κ3) is 7.20. The molecule has 1 aromatic rings. The summed E-state index contributed by atoms with van der Waals surface area (Å²) in [5.74, 6) is 1.54. The molecule has 132 valence electrons. The zero-order chi connectivity index (χ0) is 17.4. The minimum Gasteiger partial charge on any atom is -0.497 e. The summed E-state index contributed by atoms with van der Waals surface area (Å²) in [7, 11) is 3.29. The van der Waals surface area contributed by atoms with Crippen LogP contribution in [0.1, 0.15) is 33.3 Å². The molecule has 0 saturated heterocycles. The van der Waals surface area contributed by atoms with Crippen molar-refractivity contribution in [2.24, 2.45) is 0 Å². The van der Waals surface area contributed by atoms with E-state index in [1.165, 1.54) is 0 Å². The number of nitrogens with zero attached hydrogens (tertiary/aromatic N) is 1. The van der Waals surface area contributed by atoms with Crippen LogP contribution in [-0.4, -0.2) is 55.6 Å². The summed E-state index contributed by atoms with van der Waals surface area (Å²) in [6, 6.07) is 6.15. The first-order valence-corrected chi connectivity index (χ1v) is 8.11. The quantitative estimate of drug-likeness (QED) is 0.717. The van der Waals surface area contributed by atoms with E-state index in [1.807, 2.05) is 32.0 Å². The molecule has 0 bridgehead atoms. The van der Waals surface area contributed by atoms with Crippen LogP contribution in [0.2, 0.25) is 0 Å². The Morgan fingerprint density at radius 1 is 1.00 bits per heavy atom. The lowest BCUT2D eigenvalue weighted by Crippen LogP contribution is -2.39. The van der Waals surface area contributed by atoms with E-state index in [9.17, 15) is 5.11 Å². The van der Waals surface area contributed by atoms with Crippen molar-refractivity contribution in [3.8, 4) is 11.5 Å². The molecule has 5 heteroatoms. The summed E-state index contributed by atoms with van der Waals surface area (Å²) in [6.45, 7) is 9.79. The Morgan fingerprint density at radius 3 is 2.00 bits per heavy atom. The van der Waals surface area contributed by atoms with Crippen LogP contribution in [0, 0.1) is 0 Å². The van der Waals surface area contributed by atoms with E-state index >= 15 is 0 Å². The van der Waals surface area contributed by atoms with Crippen molar-refractivity contribution < 1.29 is 19.3 Å². The van der Waals surface area contributed by atoms with Crippen molar-refractivity contribution in [1.82, 2.24) is 4.90 Å². The van der Waals surface area contributed by atoms with Crippen LogP contribution in [-0.2, 0) is 11.3 Å². The summed E-state index contributed by atoms with van der Waals surface area (Å²) < 4.78 is 16.1. The maximum Gasteiger partial charge on any atom is 0.122 e. The second-order valence-electron chi connectivity index (χ2n) is 6.28. The third-order valence-corrected chi connectivity index (χ3v) is 3.59. The van der Waals surface area contributed by atoms with Gasteiger partial charge in [0.2, 0.25) is 0 Å². The minimum atomic E-state index is -0.507. The van der Waals surface area contributed by atoms with E-state index in [-0.39, 0.29) is 6.10 Å². The number of benzene rings is 1. The van der Waals surface area contributed by atoms with Gasteiger partial charge in [0.1, 0.15) is 11.5 Å². The van der Waals surface area contributed by atoms with Gasteiger partial charge >= 0.3 is 0 Å². The first kappa shape index (κ1) is 19.7. The Balaban J connectivity index is 2.75. The van der Waals surface area contributed by atoms with Gasteiger partial charge in [-0.05, 0) is 45.4 Å². The Kier molecular flexibility index (Phi) is 8.37. The highest BCUT2D eigenvalue weighted by molar-refractivity contribution is 5.38. The molecule has 0 aliphatic carbocycles. The van der Waals surface area contributed by atoms with Gasteiger partial charge in [-0.2, -0.15) is 0 Å². The predicted molar refractivity (Wildman–Crippen MR) is 92.2 cm³/mol. The summed E-state index contributed by atoms with van der Waals surface area (Å²) >= 11 is 0. The molecule has 0 spiro atoms. The molecular weight excluding hydrogens is 294 g/mol. The average molecular weight is 325 g/mol. The summed E-state index contributed by atoms with van der Waals surface area (Å²) in [5.41, 5.74) is 1.09. The highest BCUT2D eigenvalue weighted by Crippen LogP contribution is 2.24. The molecular formula is C18H31NO4. The van der Waals surface area contributed by atoms with E-state index in [0.717, 1.165) is 17.1 Å². The number of hydrogen-bond donors (Lipinski definition) is 1. The van der Waals surface area contributed by atoms with Crippen LogP contribution in [0.5, 0.6) is 11.5 Å². The molecule has 0 aliphatic heterocycles. The normalized spacial score (nSPS) is 13.0. The molecule has 5 nitrogen and oxygen atoms in total. The Labute approximate surface area is 140 Å². The number of hydrogen-bond acceptors (Lipinski definition) is 5. The fourth-order valence-electron chi connectivity index (χ4n) is 2.28. The zero-order valence-corrected chi connectivity index (χ0v) is 15.2. The number of aliphatic hydroxyl groups is 1. The van der Waals surface area contributed by atoms with Crippen LogP contribution in [0.25, 0.3) is 0 Å². The third-order valence-electron chi connectivity index (χ3n) is 3.59. The van der Waals surface area contributed by atoms with Crippen molar-refractivity contribution in [2.75, 3.05) is 27.4 Å². The fraction of sp³-hybridized carbons (Fsp3) is 0.667. The number of ether oxygens (including phenoxy) is 3. The number of methoxy groups -OCH3 is 2. The molecule has 0 heterocycles. The van der Waals surface area contributed by atoms with Gasteiger partial charge in [0, 0.05) is 25.2 Å². The largest absolute Gasteiger partial charge is 0.497 e. The Hall–Kier alpha value is -1.30. The second kappa shape index (κ2) is 9.75. The lowest BCUT2D eigenvalue weighted by atomic mass is 10.1. The van der Waals surface area contributed by atoms with Gasteiger partial charge in [-0.15, -0.1) is 0 Å². The molecule has 0 radical (unpaired) electrons. The van der Waals surface area contributed by atoms with E-state index in [4.69, 9.17) is 14.2 Å². The minimum absolute atomic E-state index is 0.125. The molecule has 0 aromatic heterocycles. The van der Waals surface area contributed by atoms with Crippen molar-refractivity contribution in [3.05, 3.63) is 23.8 Å². The topological polar surface area (TPSA) is 51.2 Å². The van der Waals surface area contributed by atoms with Crippen LogP contribution < -0.4 is 9.47 Å². The molecule has 0 fully saturated rings. The second-order valence-corrected chi connectivity index (χ2v) is 6.28. The lowest BCUT2D eigenvalue weighted by molar-refractivity contribution is -0.0136. The fourth-order valence-corrected chi connectivity index (χ4v) is 2.28. The van der Waals surface area contributed by atoms with E-state index in [0.29, 0.717) is 25.7 Å². The van der Waals surface area contributed by atoms with E-state index in [2.05, 4.69) is 18.7 Å². The summed E-state index contributed by atoms with van der Waals surface area (Å²) in [5, 5.41) is 10.2. The molecule has 0 amide bonds. The van der Waals surface area contributed by atoms with E-state index in [1.54, 1.807) is 14.2 Å². The van der Waals surface area contributed by atoms with Crippen molar-refractivity contribution in [2.45, 2.75) is 52.5 Å². The first-order valence-electron chi connectivity index (χ1n) is 8.11. The van der Waals surface area contributed by atoms with Crippen molar-refractivity contribution >= 4 is 0 Å². The van der Waals surface area contributed by atoms with Gasteiger partial charge in [0.05, 0.1) is 33.0 Å². The monoisotopic (exact) mass is 325 g/mol. The van der Waals surface area contributed by atoms with Gasteiger partial charge in [-0.1, -0.05) is 0 Å². The molecule has 1 aromatic carbocycles. The van der Waals surface area contributed by atoms with Gasteiger partial charge in [0.15, 0.2) is 0 Å².